The molecule has 0 aromatic heterocycles. The van der Waals surface area contributed by atoms with Gasteiger partial charge in [-0.2, -0.15) is 8.42 Å². The van der Waals surface area contributed by atoms with E-state index in [0.717, 1.165) is 21.9 Å². The minimum Gasteiger partial charge on any atom is -0.313 e. The Morgan fingerprint density at radius 1 is 1.04 bits per heavy atom. The molecule has 0 radical (unpaired) electrons. The molecule has 1 aliphatic carbocycles. The fourth-order valence-corrected chi connectivity index (χ4v) is 3.56. The normalized spacial score (nSPS) is 14.0. The van der Waals surface area contributed by atoms with Gasteiger partial charge >= 0.3 is 0 Å². The molecule has 0 fully saturated rings. The van der Waals surface area contributed by atoms with Crippen molar-refractivity contribution >= 4 is 32.7 Å². The Morgan fingerprint density at radius 3 is 2.54 bits per heavy atom. The van der Waals surface area contributed by atoms with Gasteiger partial charge in [0.15, 0.2) is 5.78 Å². The summed E-state index contributed by atoms with van der Waals surface area (Å²) in [5, 5.41) is 5.23. The highest BCUT2D eigenvalue weighted by Gasteiger charge is 2.20. The maximum Gasteiger partial charge on any atom is 0.264 e. The van der Waals surface area contributed by atoms with E-state index in [1.165, 1.54) is 0 Å². The van der Waals surface area contributed by atoms with Gasteiger partial charge in [-0.25, -0.2) is 0 Å². The molecule has 0 heterocycles. The van der Waals surface area contributed by atoms with E-state index in [0.29, 0.717) is 31.5 Å². The molecule has 5 nitrogen and oxygen atoms in total. The Balaban J connectivity index is 1.64. The minimum absolute atomic E-state index is 0.0322. The largest absolute Gasteiger partial charge is 0.313 e. The van der Waals surface area contributed by atoms with Crippen LogP contribution in [0.5, 0.6) is 0 Å². The maximum atomic E-state index is 12.6. The van der Waals surface area contributed by atoms with Gasteiger partial charge in [-0.1, -0.05) is 36.4 Å². The summed E-state index contributed by atoms with van der Waals surface area (Å²) in [6.07, 6.45) is 2.93. The Morgan fingerprint density at radius 2 is 1.79 bits per heavy atom. The summed E-state index contributed by atoms with van der Waals surface area (Å²) in [5.74, 6) is -0.198. The summed E-state index contributed by atoms with van der Waals surface area (Å²) in [4.78, 5) is 12.6. The van der Waals surface area contributed by atoms with Crippen molar-refractivity contribution in [1.82, 2.24) is 5.32 Å². The molecule has 6 heteroatoms. The molecule has 0 saturated carbocycles. The van der Waals surface area contributed by atoms with Gasteiger partial charge in [-0.05, 0) is 36.4 Å². The molecule has 0 saturated heterocycles. The second-order valence-corrected chi connectivity index (χ2v) is 7.49. The van der Waals surface area contributed by atoms with Crippen LogP contribution in [-0.2, 0) is 10.1 Å². The topological polar surface area (TPSA) is 83.5 Å². The third-order valence-corrected chi connectivity index (χ3v) is 4.93. The Labute approximate surface area is 141 Å². The number of benzene rings is 2. The van der Waals surface area contributed by atoms with Crippen molar-refractivity contribution < 1.29 is 17.8 Å². The maximum absolute atomic E-state index is 12.6. The lowest BCUT2D eigenvalue weighted by molar-refractivity contribution is 0.103. The number of carbonyl (C=O) groups is 1. The molecule has 0 spiro atoms. The van der Waals surface area contributed by atoms with Gasteiger partial charge in [0.25, 0.3) is 10.1 Å². The fraction of sp³-hybridized carbons (Fsp3) is 0.278. The lowest BCUT2D eigenvalue weighted by Crippen LogP contribution is -2.24. The molecule has 2 aromatic carbocycles. The first-order chi connectivity index (χ1) is 11.5. The molecule has 2 aromatic rings. The molecule has 2 N–H and O–H groups in total. The molecule has 0 bridgehead atoms. The van der Waals surface area contributed by atoms with Crippen LogP contribution in [0.15, 0.2) is 42.0 Å². The van der Waals surface area contributed by atoms with E-state index in [-0.39, 0.29) is 11.5 Å². The molecule has 0 unspecified atom stereocenters. The number of carbonyl (C=O) groups excluding carboxylic acids is 1. The Kier molecular flexibility index (Phi) is 4.80. The van der Waals surface area contributed by atoms with Crippen LogP contribution < -0.4 is 5.32 Å². The molecule has 0 aliphatic heterocycles. The van der Waals surface area contributed by atoms with E-state index in [2.05, 4.69) is 5.32 Å². The quantitative estimate of drug-likeness (QED) is 0.595. The number of ketones is 1. The van der Waals surface area contributed by atoms with Gasteiger partial charge in [-0.3, -0.25) is 9.35 Å². The lowest BCUT2D eigenvalue weighted by Gasteiger charge is -2.17. The van der Waals surface area contributed by atoms with E-state index in [1.807, 2.05) is 42.5 Å². The second kappa shape index (κ2) is 6.84. The summed E-state index contributed by atoms with van der Waals surface area (Å²) in [5.41, 5.74) is 2.48. The SMILES string of the molecule is O=C1C(CNCCCCS(=O)(=O)O)=Cc2cccc3cccc1c23. The number of nitrogens with one attached hydrogen (secondary N) is 1. The standard InChI is InChI=1S/C18H19NO4S/c20-18-15(12-19-9-1-2-10-24(21,22)23)11-14-7-3-5-13-6-4-8-16(18)17(13)14/h3-8,11,19H,1-2,9-10,12H2,(H,21,22,23). The molecule has 0 atom stereocenters. The van der Waals surface area contributed by atoms with Gasteiger partial charge in [0.05, 0.1) is 5.75 Å². The monoisotopic (exact) mass is 345 g/mol. The predicted molar refractivity (Wildman–Crippen MR) is 94.8 cm³/mol. The van der Waals surface area contributed by atoms with E-state index in [1.54, 1.807) is 0 Å². The van der Waals surface area contributed by atoms with Crippen molar-refractivity contribution in [3.63, 3.8) is 0 Å². The summed E-state index contributed by atoms with van der Waals surface area (Å²) in [6.45, 7) is 1.03. The second-order valence-electron chi connectivity index (χ2n) is 5.92. The molecule has 126 valence electrons. The van der Waals surface area contributed by atoms with E-state index < -0.39 is 10.1 Å². The lowest BCUT2D eigenvalue weighted by atomic mass is 9.88. The number of unbranched alkanes of at least 4 members (excludes halogenated alkanes) is 1. The third-order valence-electron chi connectivity index (χ3n) is 4.12. The van der Waals surface area contributed by atoms with Crippen LogP contribution in [0.3, 0.4) is 0 Å². The van der Waals surface area contributed by atoms with Crippen LogP contribution in [0.4, 0.5) is 0 Å². The molecular weight excluding hydrogens is 326 g/mol. The fourth-order valence-electron chi connectivity index (χ4n) is 2.99. The molecule has 0 amide bonds. The van der Waals surface area contributed by atoms with Gasteiger partial charge in [0, 0.05) is 23.1 Å². The van der Waals surface area contributed by atoms with Gasteiger partial charge in [0.1, 0.15) is 0 Å². The number of rotatable bonds is 7. The average Bonchev–Trinajstić information content (AvgIpc) is 2.54. The van der Waals surface area contributed by atoms with Crippen molar-refractivity contribution in [1.29, 1.82) is 0 Å². The van der Waals surface area contributed by atoms with Crippen LogP contribution in [-0.4, -0.2) is 37.6 Å². The number of Topliss-reactive ketones (excluding diaryl/α,β-unsaturated/α-hetero) is 1. The number of hydrogen-bond acceptors (Lipinski definition) is 4. The average molecular weight is 345 g/mol. The third kappa shape index (κ3) is 3.72. The molecule has 1 aliphatic rings. The van der Waals surface area contributed by atoms with Crippen LogP contribution in [0.25, 0.3) is 16.8 Å². The summed E-state index contributed by atoms with van der Waals surface area (Å²) < 4.78 is 30.0. The molecular formula is C18H19NO4S. The van der Waals surface area contributed by atoms with Gasteiger partial charge in [0.2, 0.25) is 0 Å². The van der Waals surface area contributed by atoms with Crippen molar-refractivity contribution in [2.24, 2.45) is 0 Å². The summed E-state index contributed by atoms with van der Waals surface area (Å²) in [7, 11) is -3.89. The molecule has 24 heavy (non-hydrogen) atoms. The number of hydrogen-bond donors (Lipinski definition) is 2. The Hall–Kier alpha value is -2.02. The summed E-state index contributed by atoms with van der Waals surface area (Å²) in [6, 6.07) is 11.7. The van der Waals surface area contributed by atoms with Crippen LogP contribution in [0.1, 0.15) is 28.8 Å². The van der Waals surface area contributed by atoms with Gasteiger partial charge < -0.3 is 5.32 Å². The Bertz CT molecular complexity index is 911. The highest BCUT2D eigenvalue weighted by Crippen LogP contribution is 2.30. The smallest absolute Gasteiger partial charge is 0.264 e. The first kappa shape index (κ1) is 16.8. The van der Waals surface area contributed by atoms with Gasteiger partial charge in [-0.15, -0.1) is 0 Å². The summed E-state index contributed by atoms with van der Waals surface area (Å²) >= 11 is 0. The van der Waals surface area contributed by atoms with Crippen molar-refractivity contribution in [3.05, 3.63) is 53.1 Å². The van der Waals surface area contributed by atoms with Crippen LogP contribution in [0, 0.1) is 0 Å². The zero-order chi connectivity index (χ0) is 17.2. The van der Waals surface area contributed by atoms with E-state index in [9.17, 15) is 13.2 Å². The predicted octanol–water partition coefficient (Wildman–Crippen LogP) is 2.68. The van der Waals surface area contributed by atoms with Crippen molar-refractivity contribution in [3.8, 4) is 0 Å². The van der Waals surface area contributed by atoms with Crippen molar-refractivity contribution in [2.45, 2.75) is 12.8 Å². The highest BCUT2D eigenvalue weighted by molar-refractivity contribution is 7.85. The van der Waals surface area contributed by atoms with Crippen molar-refractivity contribution in [2.75, 3.05) is 18.8 Å². The first-order valence-electron chi connectivity index (χ1n) is 7.88. The first-order valence-corrected chi connectivity index (χ1v) is 9.49. The highest BCUT2D eigenvalue weighted by atomic mass is 32.2. The van der Waals surface area contributed by atoms with Crippen LogP contribution >= 0.6 is 0 Å². The van der Waals surface area contributed by atoms with E-state index in [4.69, 9.17) is 4.55 Å². The van der Waals surface area contributed by atoms with E-state index >= 15 is 0 Å². The molecule has 3 rings (SSSR count). The van der Waals surface area contributed by atoms with Crippen LogP contribution in [0.2, 0.25) is 0 Å². The zero-order valence-electron chi connectivity index (χ0n) is 13.2. The minimum atomic E-state index is -3.89. The zero-order valence-corrected chi connectivity index (χ0v) is 14.0.